The van der Waals surface area contributed by atoms with Gasteiger partial charge in [0, 0.05) is 11.8 Å². The topological polar surface area (TPSA) is 86.2 Å². The molecule has 0 aromatic rings. The Morgan fingerprint density at radius 3 is 1.59 bits per heavy atom. The monoisotopic (exact) mass is 234 g/mol. The molecule has 94 valence electrons. The van der Waals surface area contributed by atoms with Crippen molar-refractivity contribution in [2.24, 2.45) is 28.7 Å². The molecule has 1 aliphatic carbocycles. The maximum atomic E-state index is 11.4. The Balaban J connectivity index is 0.00000256. The van der Waals surface area contributed by atoms with Crippen molar-refractivity contribution in [1.29, 1.82) is 0 Å². The first kappa shape index (κ1) is 16.5. The van der Waals surface area contributed by atoms with Crippen molar-refractivity contribution in [2.75, 3.05) is 0 Å². The zero-order valence-corrected chi connectivity index (χ0v) is 10.2. The summed E-state index contributed by atoms with van der Waals surface area (Å²) in [6.07, 6.45) is 5.02. The number of hydrogen-bond acceptors (Lipinski definition) is 2. The van der Waals surface area contributed by atoms with Crippen LogP contribution in [0.25, 0.3) is 0 Å². The molecule has 2 unspecified atom stereocenters. The molecule has 1 fully saturated rings. The minimum atomic E-state index is -0.324. The van der Waals surface area contributed by atoms with Crippen LogP contribution in [0.15, 0.2) is 0 Å². The van der Waals surface area contributed by atoms with Crippen molar-refractivity contribution in [1.82, 2.24) is 0 Å². The Hall–Kier alpha value is -0.463. The number of primary amides is 2. The molecular weight excluding hydrogens is 211 g/mol. The van der Waals surface area contributed by atoms with E-state index in [1.807, 2.05) is 13.8 Å². The summed E-state index contributed by atoms with van der Waals surface area (Å²) >= 11 is 0. The van der Waals surface area contributed by atoms with Crippen LogP contribution in [0.4, 0.5) is 0 Å². The van der Waals surface area contributed by atoms with Gasteiger partial charge in [0.25, 0.3) is 0 Å². The van der Waals surface area contributed by atoms with Gasteiger partial charge in [0.05, 0.1) is 0 Å². The normalized spacial score (nSPS) is 22.0. The van der Waals surface area contributed by atoms with E-state index in [-0.39, 0.29) is 47.9 Å². The molecule has 0 bridgehead atoms. The Morgan fingerprint density at radius 2 is 1.29 bits per heavy atom. The molecule has 0 aromatic carbocycles. The third kappa shape index (κ3) is 3.26. The second kappa shape index (κ2) is 6.46. The minimum absolute atomic E-state index is 0. The van der Waals surface area contributed by atoms with Gasteiger partial charge in [-0.2, -0.15) is 0 Å². The van der Waals surface area contributed by atoms with E-state index < -0.39 is 0 Å². The van der Waals surface area contributed by atoms with Crippen LogP contribution in [-0.2, 0) is 9.59 Å². The van der Waals surface area contributed by atoms with Crippen molar-refractivity contribution in [3.63, 3.8) is 0 Å². The van der Waals surface area contributed by atoms with E-state index in [0.717, 1.165) is 25.7 Å². The summed E-state index contributed by atoms with van der Waals surface area (Å²) in [6.45, 7) is 3.65. The van der Waals surface area contributed by atoms with Gasteiger partial charge in [-0.1, -0.05) is 33.1 Å². The van der Waals surface area contributed by atoms with Gasteiger partial charge in [-0.05, 0) is 18.3 Å². The molecule has 2 atom stereocenters. The van der Waals surface area contributed by atoms with Gasteiger partial charge in [-0.25, -0.2) is 0 Å². The summed E-state index contributed by atoms with van der Waals surface area (Å²) in [5.41, 5.74) is 10.5. The fraction of sp³-hybridized carbons (Fsp3) is 0.833. The van der Waals surface area contributed by atoms with Crippen LogP contribution in [0.2, 0.25) is 0 Å². The predicted octanol–water partition coefficient (Wildman–Crippen LogP) is 0.531. The third-order valence-electron chi connectivity index (χ3n) is 4.36. The summed E-state index contributed by atoms with van der Waals surface area (Å²) < 4.78 is 0. The molecule has 1 saturated carbocycles. The molecule has 2 amide bonds. The molecule has 5 heteroatoms. The Morgan fingerprint density at radius 1 is 0.941 bits per heavy atom. The maximum absolute atomic E-state index is 11.4. The fourth-order valence-electron chi connectivity index (χ4n) is 3.02. The Bertz CT molecular complexity index is 266. The van der Waals surface area contributed by atoms with E-state index in [9.17, 15) is 9.59 Å². The SMILES string of the molecule is CC(C(N)=O)C1(C(C)C(N)=O)CCCCC1.[LiH]. The summed E-state index contributed by atoms with van der Waals surface area (Å²) in [5.74, 6) is -1.21. The van der Waals surface area contributed by atoms with Crippen LogP contribution < -0.4 is 11.5 Å². The second-order valence-corrected chi connectivity index (χ2v) is 5.04. The quantitative estimate of drug-likeness (QED) is 0.695. The first-order chi connectivity index (χ1) is 7.42. The van der Waals surface area contributed by atoms with Crippen LogP contribution in [0.5, 0.6) is 0 Å². The van der Waals surface area contributed by atoms with Crippen LogP contribution >= 0.6 is 0 Å². The van der Waals surface area contributed by atoms with Crippen LogP contribution in [-0.4, -0.2) is 30.7 Å². The molecule has 1 rings (SSSR count). The fourth-order valence-corrected chi connectivity index (χ4v) is 3.02. The number of carbonyl (C=O) groups is 2. The summed E-state index contributed by atoms with van der Waals surface area (Å²) in [4.78, 5) is 22.8. The molecule has 0 radical (unpaired) electrons. The van der Waals surface area contributed by atoms with Crippen molar-refractivity contribution in [2.45, 2.75) is 46.0 Å². The standard InChI is InChI=1S/C12H22N2O2.Li.H/c1-8(10(13)15)12(9(2)11(14)16)6-4-3-5-7-12;;/h8-9H,3-7H2,1-2H3,(H2,13,15)(H2,14,16);;. The van der Waals surface area contributed by atoms with Crippen molar-refractivity contribution >= 4 is 30.7 Å². The van der Waals surface area contributed by atoms with E-state index in [2.05, 4.69) is 0 Å². The molecule has 1 aliphatic rings. The van der Waals surface area contributed by atoms with Gasteiger partial charge >= 0.3 is 18.9 Å². The van der Waals surface area contributed by atoms with Crippen LogP contribution in [0.3, 0.4) is 0 Å². The number of amides is 2. The number of hydrogen-bond donors (Lipinski definition) is 2. The first-order valence-corrected chi connectivity index (χ1v) is 6.00. The van der Waals surface area contributed by atoms with E-state index in [1.54, 1.807) is 0 Å². The molecule has 0 aromatic heterocycles. The van der Waals surface area contributed by atoms with Crippen LogP contribution in [0, 0.1) is 17.3 Å². The third-order valence-corrected chi connectivity index (χ3v) is 4.36. The summed E-state index contributed by atoms with van der Waals surface area (Å²) in [7, 11) is 0. The van der Waals surface area contributed by atoms with Gasteiger partial charge in [0.15, 0.2) is 0 Å². The van der Waals surface area contributed by atoms with Crippen molar-refractivity contribution in [3.8, 4) is 0 Å². The summed E-state index contributed by atoms with van der Waals surface area (Å²) in [5, 5.41) is 0. The van der Waals surface area contributed by atoms with Gasteiger partial charge in [-0.15, -0.1) is 0 Å². The van der Waals surface area contributed by atoms with E-state index in [4.69, 9.17) is 11.5 Å². The van der Waals surface area contributed by atoms with E-state index in [0.29, 0.717) is 0 Å². The average Bonchev–Trinajstić information content (AvgIpc) is 2.27. The molecule has 4 nitrogen and oxygen atoms in total. The molecule has 17 heavy (non-hydrogen) atoms. The van der Waals surface area contributed by atoms with Gasteiger partial charge in [0.2, 0.25) is 11.8 Å². The zero-order chi connectivity index (χ0) is 12.3. The average molecular weight is 234 g/mol. The van der Waals surface area contributed by atoms with Crippen molar-refractivity contribution < 1.29 is 9.59 Å². The molecule has 0 aliphatic heterocycles. The molecule has 0 spiro atoms. The molecule has 0 saturated heterocycles. The predicted molar refractivity (Wildman–Crippen MR) is 69.4 cm³/mol. The molecular formula is C12H23LiN2O2. The first-order valence-electron chi connectivity index (χ1n) is 6.00. The zero-order valence-electron chi connectivity index (χ0n) is 10.2. The van der Waals surface area contributed by atoms with Gasteiger partial charge in [0.1, 0.15) is 0 Å². The van der Waals surface area contributed by atoms with Crippen molar-refractivity contribution in [3.05, 3.63) is 0 Å². The second-order valence-electron chi connectivity index (χ2n) is 5.04. The number of rotatable bonds is 4. The van der Waals surface area contributed by atoms with E-state index >= 15 is 0 Å². The number of carbonyl (C=O) groups excluding carboxylic acids is 2. The number of nitrogens with two attached hydrogens (primary N) is 2. The molecule has 0 heterocycles. The molecule has 4 N–H and O–H groups in total. The summed E-state index contributed by atoms with van der Waals surface area (Å²) in [6, 6.07) is 0. The Labute approximate surface area is 115 Å². The van der Waals surface area contributed by atoms with E-state index in [1.165, 1.54) is 6.42 Å². The van der Waals surface area contributed by atoms with Gasteiger partial charge < -0.3 is 11.5 Å². The van der Waals surface area contributed by atoms with Gasteiger partial charge in [-0.3, -0.25) is 9.59 Å². The Kier molecular flexibility index (Phi) is 6.29. The van der Waals surface area contributed by atoms with Crippen LogP contribution in [0.1, 0.15) is 46.0 Å².